The van der Waals surface area contributed by atoms with Crippen LogP contribution in [0.1, 0.15) is 79.8 Å². The van der Waals surface area contributed by atoms with Crippen molar-refractivity contribution in [2.24, 2.45) is 23.2 Å². The summed E-state index contributed by atoms with van der Waals surface area (Å²) in [5.74, 6) is -0.596. The van der Waals surface area contributed by atoms with Gasteiger partial charge in [0, 0.05) is 18.9 Å². The topological polar surface area (TPSA) is 113 Å². The molecule has 9 heteroatoms. The molecule has 3 amide bonds. The van der Waals surface area contributed by atoms with Gasteiger partial charge >= 0.3 is 5.97 Å². The van der Waals surface area contributed by atoms with Crippen LogP contribution < -0.4 is 10.2 Å². The van der Waals surface area contributed by atoms with Gasteiger partial charge in [0.2, 0.25) is 17.7 Å². The number of esters is 1. The zero-order chi connectivity index (χ0) is 34.8. The number of hydrogen-bond donors (Lipinski definition) is 1. The van der Waals surface area contributed by atoms with E-state index in [1.54, 1.807) is 29.2 Å². The molecule has 0 spiro atoms. The van der Waals surface area contributed by atoms with Crippen LogP contribution in [0.4, 0.5) is 5.69 Å². The average molecular weight is 676 g/mol. The third kappa shape index (κ3) is 7.09. The minimum absolute atomic E-state index is 0.0483. The van der Waals surface area contributed by atoms with Crippen molar-refractivity contribution in [3.05, 3.63) is 102 Å². The molecular weight excluding hydrogens is 630 g/mol. The maximum atomic E-state index is 15.2. The van der Waals surface area contributed by atoms with Gasteiger partial charge < -0.3 is 19.9 Å². The van der Waals surface area contributed by atoms with E-state index in [1.165, 1.54) is 31.1 Å². The Morgan fingerprint density at radius 2 is 1.38 bits per heavy atom. The molecule has 2 atom stereocenters. The largest absolute Gasteiger partial charge is 0.460 e. The summed E-state index contributed by atoms with van der Waals surface area (Å²) >= 11 is 0. The Morgan fingerprint density at radius 1 is 0.800 bits per heavy atom. The molecule has 260 valence electrons. The van der Waals surface area contributed by atoms with Crippen molar-refractivity contribution in [2.75, 3.05) is 11.4 Å². The zero-order valence-electron chi connectivity index (χ0n) is 28.6. The van der Waals surface area contributed by atoms with Gasteiger partial charge in [0.15, 0.2) is 5.78 Å². The van der Waals surface area contributed by atoms with Crippen LogP contribution in [-0.2, 0) is 37.1 Å². The lowest BCUT2D eigenvalue weighted by Crippen LogP contribution is -2.60. The fraction of sp³-hybridized carbons (Fsp3) is 0.439. The van der Waals surface area contributed by atoms with Crippen LogP contribution in [0, 0.1) is 23.2 Å². The van der Waals surface area contributed by atoms with Crippen LogP contribution in [0.3, 0.4) is 0 Å². The van der Waals surface area contributed by atoms with Gasteiger partial charge in [-0.05, 0) is 91.4 Å². The first kappa shape index (κ1) is 33.7. The number of carbonyl (C=O) groups is 5. The molecule has 50 heavy (non-hydrogen) atoms. The highest BCUT2D eigenvalue weighted by Gasteiger charge is 2.54. The number of ether oxygens (including phenoxy) is 1. The molecule has 0 aromatic heterocycles. The van der Waals surface area contributed by atoms with Gasteiger partial charge in [-0.15, -0.1) is 0 Å². The van der Waals surface area contributed by atoms with E-state index in [-0.39, 0.29) is 36.7 Å². The maximum Gasteiger partial charge on any atom is 0.325 e. The Labute approximate surface area is 293 Å². The Hall–Kier alpha value is -4.79. The van der Waals surface area contributed by atoms with E-state index in [4.69, 9.17) is 4.74 Å². The summed E-state index contributed by atoms with van der Waals surface area (Å²) in [4.78, 5) is 73.1. The van der Waals surface area contributed by atoms with Gasteiger partial charge in [0.25, 0.3) is 0 Å². The number of nitrogens with one attached hydrogen (secondary N) is 1. The Morgan fingerprint density at radius 3 is 2.00 bits per heavy atom. The van der Waals surface area contributed by atoms with E-state index in [2.05, 4.69) is 5.32 Å². The van der Waals surface area contributed by atoms with Crippen LogP contribution in [-0.4, -0.2) is 53.0 Å². The highest BCUT2D eigenvalue weighted by atomic mass is 16.5. The molecule has 4 fully saturated rings. The number of anilines is 1. The van der Waals surface area contributed by atoms with E-state index < -0.39 is 36.4 Å². The summed E-state index contributed by atoms with van der Waals surface area (Å²) in [7, 11) is 0. The van der Waals surface area contributed by atoms with Gasteiger partial charge in [-0.25, -0.2) is 0 Å². The summed E-state index contributed by atoms with van der Waals surface area (Å²) in [6.45, 7) is 1.18. The predicted molar refractivity (Wildman–Crippen MR) is 188 cm³/mol. The summed E-state index contributed by atoms with van der Waals surface area (Å²) < 4.78 is 5.38. The van der Waals surface area contributed by atoms with E-state index in [0.29, 0.717) is 35.4 Å². The second-order valence-corrected chi connectivity index (χ2v) is 15.0. The van der Waals surface area contributed by atoms with Crippen molar-refractivity contribution in [1.29, 1.82) is 0 Å². The van der Waals surface area contributed by atoms with E-state index >= 15 is 4.79 Å². The Kier molecular flexibility index (Phi) is 9.58. The van der Waals surface area contributed by atoms with E-state index in [9.17, 15) is 19.2 Å². The molecule has 5 aliphatic rings. The first-order valence-corrected chi connectivity index (χ1v) is 17.9. The highest BCUT2D eigenvalue weighted by molar-refractivity contribution is 6.10. The van der Waals surface area contributed by atoms with Crippen molar-refractivity contribution in [3.8, 4) is 0 Å². The van der Waals surface area contributed by atoms with Crippen molar-refractivity contribution in [2.45, 2.75) is 83.5 Å². The third-order valence-electron chi connectivity index (χ3n) is 11.4. The van der Waals surface area contributed by atoms with Crippen LogP contribution in [0.2, 0.25) is 0 Å². The first-order chi connectivity index (χ1) is 24.2. The average Bonchev–Trinajstić information content (AvgIpc) is 3.13. The van der Waals surface area contributed by atoms with E-state index in [1.807, 2.05) is 60.7 Å². The molecule has 3 aromatic rings. The fourth-order valence-corrected chi connectivity index (χ4v) is 9.75. The number of Topliss-reactive ketones (excluding diaryl/α,β-unsaturated/α-hetero) is 1. The van der Waals surface area contributed by atoms with Crippen LogP contribution in [0.25, 0.3) is 0 Å². The molecule has 0 saturated heterocycles. The molecule has 3 aromatic carbocycles. The summed E-state index contributed by atoms with van der Waals surface area (Å²) in [6, 6.07) is 23.5. The molecule has 0 radical (unpaired) electrons. The predicted octanol–water partition coefficient (Wildman–Crippen LogP) is 5.86. The summed E-state index contributed by atoms with van der Waals surface area (Å²) in [6.07, 6.45) is 6.79. The quantitative estimate of drug-likeness (QED) is 0.285. The number of amides is 3. The lowest BCUT2D eigenvalue weighted by Gasteiger charge is -2.58. The van der Waals surface area contributed by atoms with Crippen molar-refractivity contribution in [3.63, 3.8) is 0 Å². The molecule has 8 rings (SSSR count). The number of ketones is 1. The number of para-hydroxylation sites is 1. The molecular formula is C41H45N3O6. The standard InChI is InChI=1S/C41H45N3O6/c1-27(45)44-35(39(48)42-24-38(47)50-26-29-12-6-3-7-13-29)19-37(46)33-14-8-9-15-34(33)43(25-28-10-4-2-5-11-28)40(49)36(44)23-41-20-30-16-31(21-41)18-32(17-30)22-41/h2-15,30-32,35-36H,16-26H2,1H3,(H,42,48)/t30?,31?,32?,35-,36+,41?/m0/s1. The lowest BCUT2D eigenvalue weighted by molar-refractivity contribution is -0.150. The number of hydrogen-bond acceptors (Lipinski definition) is 6. The molecule has 4 saturated carbocycles. The summed E-state index contributed by atoms with van der Waals surface area (Å²) in [5.41, 5.74) is 2.35. The van der Waals surface area contributed by atoms with Gasteiger partial charge in [0.05, 0.1) is 12.2 Å². The SMILES string of the molecule is CC(=O)N1[C@H](CC23CC4CC(CC(C4)C2)C3)C(=O)N(Cc2ccccc2)c2ccccc2C(=O)C[C@H]1C(=O)NCC(=O)OCc1ccccc1. The maximum absolute atomic E-state index is 15.2. The molecule has 0 unspecified atom stereocenters. The monoisotopic (exact) mass is 675 g/mol. The van der Waals surface area contributed by atoms with Crippen LogP contribution in [0.15, 0.2) is 84.9 Å². The first-order valence-electron chi connectivity index (χ1n) is 17.9. The zero-order valence-corrected chi connectivity index (χ0v) is 28.6. The minimum Gasteiger partial charge on any atom is -0.460 e. The second-order valence-electron chi connectivity index (χ2n) is 15.0. The van der Waals surface area contributed by atoms with E-state index in [0.717, 1.165) is 30.4 Å². The van der Waals surface area contributed by atoms with Crippen molar-refractivity contribution < 1.29 is 28.7 Å². The van der Waals surface area contributed by atoms with Crippen LogP contribution >= 0.6 is 0 Å². The van der Waals surface area contributed by atoms with Gasteiger partial charge in [-0.1, -0.05) is 72.8 Å². The number of fused-ring (bicyclic) bond motifs is 1. The molecule has 4 aliphatic carbocycles. The molecule has 1 aliphatic heterocycles. The number of rotatable bonds is 9. The smallest absolute Gasteiger partial charge is 0.325 e. The fourth-order valence-electron chi connectivity index (χ4n) is 9.75. The van der Waals surface area contributed by atoms with Gasteiger partial charge in [-0.3, -0.25) is 24.0 Å². The lowest BCUT2D eigenvalue weighted by atomic mass is 9.48. The normalized spacial score (nSPS) is 27.2. The second kappa shape index (κ2) is 14.2. The van der Waals surface area contributed by atoms with Crippen molar-refractivity contribution >= 4 is 35.2 Å². The molecule has 1 N–H and O–H groups in total. The highest BCUT2D eigenvalue weighted by Crippen LogP contribution is 2.62. The Bertz CT molecular complexity index is 1720. The Balaban J connectivity index is 1.24. The third-order valence-corrected chi connectivity index (χ3v) is 11.4. The number of carbonyl (C=O) groups excluding carboxylic acids is 5. The number of benzene rings is 3. The van der Waals surface area contributed by atoms with Crippen LogP contribution in [0.5, 0.6) is 0 Å². The molecule has 9 nitrogen and oxygen atoms in total. The number of nitrogens with zero attached hydrogens (tertiary/aromatic N) is 2. The van der Waals surface area contributed by atoms with Gasteiger partial charge in [0.1, 0.15) is 25.2 Å². The molecule has 4 bridgehead atoms. The van der Waals surface area contributed by atoms with Gasteiger partial charge in [-0.2, -0.15) is 0 Å². The molecule has 1 heterocycles. The summed E-state index contributed by atoms with van der Waals surface area (Å²) in [5, 5.41) is 2.65. The van der Waals surface area contributed by atoms with Crippen molar-refractivity contribution in [1.82, 2.24) is 10.2 Å². The minimum atomic E-state index is -1.30.